The summed E-state index contributed by atoms with van der Waals surface area (Å²) in [6, 6.07) is 27.3. The molecule has 0 saturated carbocycles. The quantitative estimate of drug-likeness (QED) is 0.217. The summed E-state index contributed by atoms with van der Waals surface area (Å²) < 4.78 is 50.9. The summed E-state index contributed by atoms with van der Waals surface area (Å²) in [5.41, 5.74) is 7.54. The molecule has 37 heavy (non-hydrogen) atoms. The molecule has 3 N–H and O–H groups in total. The minimum Gasteiger partial charge on any atom is -0.398 e. The number of aromatic nitrogens is 2. The van der Waals surface area contributed by atoms with Gasteiger partial charge in [0.1, 0.15) is 5.52 Å². The van der Waals surface area contributed by atoms with Crippen molar-refractivity contribution in [1.29, 1.82) is 0 Å². The topological polar surface area (TPSA) is 123 Å². The monoisotopic (exact) mass is 661 g/mol. The maximum Gasteiger partial charge on any atom is 0.223 e. The Kier molecular flexibility index (Phi) is 8.17. The Balaban J connectivity index is 0.000000173. The van der Waals surface area contributed by atoms with Crippen molar-refractivity contribution in [2.24, 2.45) is 0 Å². The van der Waals surface area contributed by atoms with Gasteiger partial charge < -0.3 is 5.73 Å². The van der Waals surface area contributed by atoms with Crippen LogP contribution in [-0.4, -0.2) is 27.0 Å². The molecule has 0 bridgehead atoms. The van der Waals surface area contributed by atoms with E-state index in [0.29, 0.717) is 31.5 Å². The van der Waals surface area contributed by atoms with E-state index in [4.69, 9.17) is 5.73 Å². The normalized spacial score (nSPS) is 11.6. The molecule has 0 aliphatic rings. The van der Waals surface area contributed by atoms with Crippen molar-refractivity contribution < 1.29 is 16.8 Å². The molecule has 0 atom stereocenters. The van der Waals surface area contributed by atoms with Crippen LogP contribution in [0.15, 0.2) is 121 Å². The molecule has 0 unspecified atom stereocenters. The van der Waals surface area contributed by atoms with Gasteiger partial charge in [-0.2, -0.15) is 5.10 Å². The van der Waals surface area contributed by atoms with Crippen LogP contribution < -0.4 is 5.73 Å². The van der Waals surface area contributed by atoms with Gasteiger partial charge in [0.2, 0.25) is 9.84 Å². The number of anilines is 1. The van der Waals surface area contributed by atoms with Crippen LogP contribution in [0.1, 0.15) is 5.56 Å². The minimum atomic E-state index is -3.58. The second-order valence-corrected chi connectivity index (χ2v) is 13.5. The fourth-order valence-electron chi connectivity index (χ4n) is 3.52. The van der Waals surface area contributed by atoms with Gasteiger partial charge in [0.15, 0.2) is 14.9 Å². The number of sulfone groups is 2. The molecule has 11 heteroatoms. The molecule has 0 spiro atoms. The zero-order chi connectivity index (χ0) is 26.6. The smallest absolute Gasteiger partial charge is 0.223 e. The van der Waals surface area contributed by atoms with E-state index in [2.05, 4.69) is 42.1 Å². The number of nitrogens with zero attached hydrogens (tertiary/aromatic N) is 1. The van der Waals surface area contributed by atoms with Crippen LogP contribution >= 0.6 is 31.9 Å². The first-order chi connectivity index (χ1) is 17.6. The predicted octanol–water partition coefficient (Wildman–Crippen LogP) is 6.16. The Morgan fingerprint density at radius 1 is 0.703 bits per heavy atom. The van der Waals surface area contributed by atoms with Crippen LogP contribution in [0.3, 0.4) is 0 Å². The first-order valence-electron chi connectivity index (χ1n) is 10.8. The van der Waals surface area contributed by atoms with Crippen molar-refractivity contribution in [1.82, 2.24) is 10.2 Å². The third-order valence-corrected chi connectivity index (χ3v) is 10.2. The van der Waals surface area contributed by atoms with Gasteiger partial charge in [0, 0.05) is 14.3 Å². The Morgan fingerprint density at radius 2 is 1.27 bits per heavy atom. The van der Waals surface area contributed by atoms with Crippen molar-refractivity contribution in [2.75, 3.05) is 5.73 Å². The highest BCUT2D eigenvalue weighted by Gasteiger charge is 2.23. The van der Waals surface area contributed by atoms with E-state index >= 15 is 0 Å². The van der Waals surface area contributed by atoms with Gasteiger partial charge in [-0.05, 0) is 79.9 Å². The fourth-order valence-corrected chi connectivity index (χ4v) is 7.16. The van der Waals surface area contributed by atoms with Crippen LogP contribution in [0.5, 0.6) is 0 Å². The molecule has 4 aromatic carbocycles. The third-order valence-electron chi connectivity index (χ3n) is 5.41. The van der Waals surface area contributed by atoms with Crippen LogP contribution in [0.2, 0.25) is 0 Å². The Bertz CT molecular complexity index is 1760. The number of para-hydroxylation sites is 2. The molecule has 5 aromatic rings. The van der Waals surface area contributed by atoms with Gasteiger partial charge in [-0.15, -0.1) is 0 Å². The number of halogens is 2. The van der Waals surface area contributed by atoms with Crippen molar-refractivity contribution in [2.45, 2.75) is 20.6 Å². The molecule has 1 aromatic heterocycles. The summed E-state index contributed by atoms with van der Waals surface area (Å²) in [6.45, 7) is 0. The van der Waals surface area contributed by atoms with Crippen LogP contribution in [0.4, 0.5) is 5.69 Å². The molecule has 0 aliphatic carbocycles. The number of nitrogens with one attached hydrogen (secondary N) is 1. The Labute approximate surface area is 231 Å². The number of nitrogen functional groups attached to an aromatic ring is 1. The number of benzene rings is 4. The summed E-state index contributed by atoms with van der Waals surface area (Å²) >= 11 is 6.65. The zero-order valence-electron chi connectivity index (χ0n) is 19.2. The number of hydrogen-bond acceptors (Lipinski definition) is 6. The minimum absolute atomic E-state index is 0.0950. The summed E-state index contributed by atoms with van der Waals surface area (Å²) in [4.78, 5) is 0.560. The van der Waals surface area contributed by atoms with Crippen LogP contribution in [-0.2, 0) is 25.4 Å². The lowest BCUT2D eigenvalue weighted by Gasteiger charge is -2.08. The van der Waals surface area contributed by atoms with Crippen molar-refractivity contribution in [3.63, 3.8) is 0 Å². The summed E-state index contributed by atoms with van der Waals surface area (Å²) in [5.74, 6) is -0.0950. The summed E-state index contributed by atoms with van der Waals surface area (Å²) in [5, 5.41) is 7.39. The number of H-pyrrole nitrogens is 1. The Morgan fingerprint density at radius 3 is 1.92 bits per heavy atom. The maximum atomic E-state index is 12.5. The molecular weight excluding hydrogens is 642 g/mol. The van der Waals surface area contributed by atoms with Gasteiger partial charge in [-0.25, -0.2) is 16.8 Å². The van der Waals surface area contributed by atoms with Gasteiger partial charge in [-0.3, -0.25) is 5.10 Å². The number of nitrogens with two attached hydrogens (primary N) is 1. The zero-order valence-corrected chi connectivity index (χ0v) is 24.0. The lowest BCUT2D eigenvalue weighted by molar-refractivity contribution is 0.592. The molecule has 0 fully saturated rings. The first-order valence-corrected chi connectivity index (χ1v) is 15.6. The van der Waals surface area contributed by atoms with E-state index in [9.17, 15) is 16.8 Å². The van der Waals surface area contributed by atoms with Gasteiger partial charge >= 0.3 is 0 Å². The van der Waals surface area contributed by atoms with E-state index in [1.807, 2.05) is 6.07 Å². The highest BCUT2D eigenvalue weighted by atomic mass is 79.9. The summed E-state index contributed by atoms with van der Waals surface area (Å²) in [6.07, 6.45) is 0. The second kappa shape index (κ2) is 11.2. The first kappa shape index (κ1) is 27.1. The molecular formula is C26H21Br2N3O4S2. The van der Waals surface area contributed by atoms with Crippen LogP contribution in [0, 0.1) is 0 Å². The van der Waals surface area contributed by atoms with E-state index in [0.717, 1.165) is 4.47 Å². The largest absolute Gasteiger partial charge is 0.398 e. The van der Waals surface area contributed by atoms with E-state index in [-0.39, 0.29) is 15.7 Å². The lowest BCUT2D eigenvalue weighted by Crippen LogP contribution is -2.07. The standard InChI is InChI=1S/C13H9BrN2O2S.C13H12BrNO2S/c14-11-8-4-7-10-12(11)15-16-13(10)19(17,18)9-5-2-1-3-6-9;14-12-8-4-5-10(13(12)15)9-18(16,17)11-6-2-1-3-7-11/h1-8H,(H,15,16);1-8H,9,15H2. The molecule has 7 nitrogen and oxygen atoms in total. The average Bonchev–Trinajstić information content (AvgIpc) is 3.35. The average molecular weight is 663 g/mol. The number of fused-ring (bicyclic) bond motifs is 1. The summed E-state index contributed by atoms with van der Waals surface area (Å²) in [7, 11) is -6.93. The highest BCUT2D eigenvalue weighted by Crippen LogP contribution is 2.30. The van der Waals surface area contributed by atoms with Crippen molar-refractivity contribution in [3.8, 4) is 0 Å². The van der Waals surface area contributed by atoms with Gasteiger partial charge in [0.05, 0.1) is 21.2 Å². The molecule has 1 heterocycles. The number of aromatic amines is 1. The molecule has 190 valence electrons. The highest BCUT2D eigenvalue weighted by molar-refractivity contribution is 9.11. The molecule has 0 amide bonds. The van der Waals surface area contributed by atoms with Crippen molar-refractivity contribution in [3.05, 3.63) is 112 Å². The van der Waals surface area contributed by atoms with Gasteiger partial charge in [-0.1, -0.05) is 54.6 Å². The molecule has 5 rings (SSSR count). The van der Waals surface area contributed by atoms with Crippen molar-refractivity contribution >= 4 is 68.1 Å². The third kappa shape index (κ3) is 5.96. The fraction of sp³-hybridized carbons (Fsp3) is 0.0385. The SMILES string of the molecule is Nc1c(Br)cccc1CS(=O)(=O)c1ccccc1.O=S(=O)(c1ccccc1)c1[nH]nc2c(Br)cccc12. The molecule has 0 saturated heterocycles. The lowest BCUT2D eigenvalue weighted by atomic mass is 10.2. The number of rotatable bonds is 5. The van der Waals surface area contributed by atoms with E-state index in [1.165, 1.54) is 0 Å². The molecule has 0 radical (unpaired) electrons. The number of hydrogen-bond donors (Lipinski definition) is 2. The van der Waals surface area contributed by atoms with E-state index in [1.54, 1.807) is 91.0 Å². The Hall–Kier alpha value is -2.99. The molecule has 0 aliphatic heterocycles. The van der Waals surface area contributed by atoms with E-state index < -0.39 is 19.7 Å². The maximum absolute atomic E-state index is 12.5. The second-order valence-electron chi connectivity index (χ2n) is 7.89. The predicted molar refractivity (Wildman–Crippen MR) is 152 cm³/mol. The van der Waals surface area contributed by atoms with Gasteiger partial charge in [0.25, 0.3) is 0 Å². The van der Waals surface area contributed by atoms with Crippen LogP contribution in [0.25, 0.3) is 10.9 Å².